The van der Waals surface area contributed by atoms with Crippen LogP contribution in [0, 0.1) is 0 Å². The summed E-state index contributed by atoms with van der Waals surface area (Å²) in [5, 5.41) is 5.25. The Balaban J connectivity index is 1.14. The van der Waals surface area contributed by atoms with Crippen LogP contribution in [0.1, 0.15) is 5.56 Å². The van der Waals surface area contributed by atoms with Gasteiger partial charge in [0.2, 0.25) is 11.8 Å². The van der Waals surface area contributed by atoms with Crippen LogP contribution in [-0.2, 0) is 12.7 Å². The van der Waals surface area contributed by atoms with Crippen LogP contribution in [-0.4, -0.2) is 66.8 Å². The molecule has 0 spiro atoms. The highest BCUT2D eigenvalue weighted by atomic mass is 35.5. The normalized spacial score (nSPS) is 15.3. The first-order valence-electron chi connectivity index (χ1n) is 11.5. The van der Waals surface area contributed by atoms with Gasteiger partial charge in [0, 0.05) is 51.7 Å². The minimum atomic E-state index is -4.47. The van der Waals surface area contributed by atoms with Crippen molar-refractivity contribution in [2.75, 3.05) is 43.4 Å². The molecule has 10 nitrogen and oxygen atoms in total. The van der Waals surface area contributed by atoms with Crippen LogP contribution >= 0.6 is 11.6 Å². The summed E-state index contributed by atoms with van der Waals surface area (Å²) in [4.78, 5) is 17.3. The van der Waals surface area contributed by atoms with E-state index >= 15 is 0 Å². The monoisotopic (exact) mass is 531 g/mol. The van der Waals surface area contributed by atoms with Gasteiger partial charge in [0.1, 0.15) is 11.5 Å². The minimum absolute atomic E-state index is 0.000694. The second-order valence-electron chi connectivity index (χ2n) is 8.72. The van der Waals surface area contributed by atoms with E-state index in [1.165, 1.54) is 4.52 Å². The summed E-state index contributed by atoms with van der Waals surface area (Å²) in [6, 6.07) is 6.41. The van der Waals surface area contributed by atoms with Crippen molar-refractivity contribution in [2.24, 2.45) is 0 Å². The summed E-state index contributed by atoms with van der Waals surface area (Å²) in [6.07, 6.45) is -0.144. The predicted molar refractivity (Wildman–Crippen MR) is 131 cm³/mol. The number of piperazine rings is 1. The van der Waals surface area contributed by atoms with Gasteiger partial charge in [-0.05, 0) is 24.3 Å². The lowest BCUT2D eigenvalue weighted by atomic mass is 10.2. The van der Waals surface area contributed by atoms with Crippen LogP contribution in [0.5, 0.6) is 0 Å². The number of nitrogens with zero attached hydrogens (tertiary/aromatic N) is 8. The lowest BCUT2D eigenvalue weighted by Gasteiger charge is -2.35. The van der Waals surface area contributed by atoms with Gasteiger partial charge >= 0.3 is 6.18 Å². The molecule has 0 bridgehead atoms. The van der Waals surface area contributed by atoms with Gasteiger partial charge in [0.15, 0.2) is 11.4 Å². The van der Waals surface area contributed by atoms with Gasteiger partial charge in [-0.1, -0.05) is 11.6 Å². The highest BCUT2D eigenvalue weighted by Crippen LogP contribution is 2.33. The molecule has 5 aromatic heterocycles. The molecule has 5 aromatic rings. The molecular weight excluding hydrogens is 511 g/mol. The van der Waals surface area contributed by atoms with Gasteiger partial charge < -0.3 is 19.6 Å². The standard InChI is InChI=1S/C23H21ClF3N9O/c24-16-12-14(23(25,26)27)13-29-21(16)35-9-6-33(7-10-35)5-8-34-4-3-15-19(34)31-22(28)36-20(15)30-18(32-36)17-2-1-11-37-17/h1-4,11-13H,5-10H2,(H2,28,31). The van der Waals surface area contributed by atoms with Crippen LogP contribution < -0.4 is 10.6 Å². The molecule has 1 aliphatic rings. The highest BCUT2D eigenvalue weighted by Gasteiger charge is 2.32. The molecule has 6 heterocycles. The molecule has 0 unspecified atom stereocenters. The van der Waals surface area contributed by atoms with Crippen molar-refractivity contribution < 1.29 is 17.6 Å². The van der Waals surface area contributed by atoms with E-state index in [-0.39, 0.29) is 11.0 Å². The molecule has 1 fully saturated rings. The van der Waals surface area contributed by atoms with Gasteiger partial charge in [-0.2, -0.15) is 22.7 Å². The van der Waals surface area contributed by atoms with Crippen molar-refractivity contribution in [3.63, 3.8) is 0 Å². The fourth-order valence-corrected chi connectivity index (χ4v) is 4.79. The molecule has 37 heavy (non-hydrogen) atoms. The highest BCUT2D eigenvalue weighted by molar-refractivity contribution is 6.33. The van der Waals surface area contributed by atoms with Crippen molar-refractivity contribution in [3.8, 4) is 11.6 Å². The van der Waals surface area contributed by atoms with Crippen LogP contribution in [0.4, 0.5) is 24.9 Å². The summed E-state index contributed by atoms with van der Waals surface area (Å²) in [7, 11) is 0. The van der Waals surface area contributed by atoms with E-state index in [0.717, 1.165) is 24.2 Å². The Labute approximate surface area is 213 Å². The number of fused-ring (bicyclic) bond motifs is 3. The number of alkyl halides is 3. The number of hydrogen-bond acceptors (Lipinski definition) is 8. The zero-order valence-corrected chi connectivity index (χ0v) is 20.1. The molecule has 0 amide bonds. The minimum Gasteiger partial charge on any atom is -0.461 e. The molecule has 1 saturated heterocycles. The van der Waals surface area contributed by atoms with E-state index in [9.17, 15) is 13.2 Å². The average molecular weight is 532 g/mol. The second kappa shape index (κ2) is 8.92. The summed E-state index contributed by atoms with van der Waals surface area (Å²) >= 11 is 6.12. The van der Waals surface area contributed by atoms with Crippen LogP contribution in [0.2, 0.25) is 5.02 Å². The fraction of sp³-hybridized carbons (Fsp3) is 0.304. The Bertz CT molecular complexity index is 1570. The van der Waals surface area contributed by atoms with E-state index in [4.69, 9.17) is 21.8 Å². The number of halogens is 4. The van der Waals surface area contributed by atoms with Crippen LogP contribution in [0.25, 0.3) is 28.3 Å². The third-order valence-electron chi connectivity index (χ3n) is 6.44. The lowest BCUT2D eigenvalue weighted by Crippen LogP contribution is -2.47. The molecule has 1 aliphatic heterocycles. The van der Waals surface area contributed by atoms with Crippen LogP contribution in [0.15, 0.2) is 47.3 Å². The summed E-state index contributed by atoms with van der Waals surface area (Å²) in [5.74, 6) is 1.57. The van der Waals surface area contributed by atoms with E-state index < -0.39 is 11.7 Å². The molecule has 0 aliphatic carbocycles. The van der Waals surface area contributed by atoms with Gasteiger partial charge in [0.25, 0.3) is 0 Å². The number of rotatable bonds is 5. The van der Waals surface area contributed by atoms with Gasteiger partial charge in [-0.25, -0.2) is 9.97 Å². The SMILES string of the molecule is Nc1nc2c(ccn2CCN2CCN(c3ncc(C(F)(F)F)cc3Cl)CC2)c2nc(-c3ccco3)nn12. The first kappa shape index (κ1) is 23.6. The molecule has 0 radical (unpaired) electrons. The van der Waals surface area contributed by atoms with Crippen molar-refractivity contribution in [1.29, 1.82) is 0 Å². The van der Waals surface area contributed by atoms with Crippen molar-refractivity contribution in [3.05, 3.63) is 53.5 Å². The Hall–Kier alpha value is -3.84. The summed E-state index contributed by atoms with van der Waals surface area (Å²) < 4.78 is 47.6. The second-order valence-corrected chi connectivity index (χ2v) is 9.13. The number of pyridine rings is 1. The molecule has 0 aromatic carbocycles. The third kappa shape index (κ3) is 4.33. The Morgan fingerprint density at radius 2 is 1.86 bits per heavy atom. The predicted octanol–water partition coefficient (Wildman–Crippen LogP) is 3.81. The van der Waals surface area contributed by atoms with E-state index in [2.05, 4.69) is 25.0 Å². The van der Waals surface area contributed by atoms with E-state index in [0.29, 0.717) is 61.4 Å². The number of nitrogen functional groups attached to an aromatic ring is 1. The smallest absolute Gasteiger partial charge is 0.417 e. The Kier molecular flexibility index (Phi) is 5.68. The molecule has 14 heteroatoms. The number of hydrogen-bond donors (Lipinski definition) is 1. The lowest BCUT2D eigenvalue weighted by molar-refractivity contribution is -0.137. The average Bonchev–Trinajstić information content (AvgIpc) is 3.62. The maximum Gasteiger partial charge on any atom is 0.417 e. The fourth-order valence-electron chi connectivity index (χ4n) is 4.51. The molecular formula is C23H21ClF3N9O. The summed E-state index contributed by atoms with van der Waals surface area (Å²) in [6.45, 7) is 4.06. The van der Waals surface area contributed by atoms with E-state index in [1.807, 2.05) is 21.7 Å². The van der Waals surface area contributed by atoms with Crippen molar-refractivity contribution in [1.82, 2.24) is 34.0 Å². The largest absolute Gasteiger partial charge is 0.461 e. The van der Waals surface area contributed by atoms with E-state index in [1.54, 1.807) is 18.4 Å². The Morgan fingerprint density at radius 1 is 1.05 bits per heavy atom. The molecule has 2 N–H and O–H groups in total. The van der Waals surface area contributed by atoms with Crippen LogP contribution in [0.3, 0.4) is 0 Å². The van der Waals surface area contributed by atoms with Crippen molar-refractivity contribution in [2.45, 2.75) is 12.7 Å². The zero-order valence-electron chi connectivity index (χ0n) is 19.4. The zero-order chi connectivity index (χ0) is 25.7. The number of nitrogens with two attached hydrogens (primary N) is 1. The van der Waals surface area contributed by atoms with Gasteiger partial charge in [0.05, 0.1) is 22.2 Å². The first-order chi connectivity index (χ1) is 17.8. The first-order valence-corrected chi connectivity index (χ1v) is 11.9. The number of anilines is 2. The molecule has 6 rings (SSSR count). The number of furan rings is 1. The molecule has 0 saturated carbocycles. The Morgan fingerprint density at radius 3 is 2.57 bits per heavy atom. The van der Waals surface area contributed by atoms with Gasteiger partial charge in [-0.3, -0.25) is 4.90 Å². The molecule has 0 atom stereocenters. The summed E-state index contributed by atoms with van der Waals surface area (Å²) in [5.41, 5.74) is 6.64. The third-order valence-corrected chi connectivity index (χ3v) is 6.72. The topological polar surface area (TPSA) is 107 Å². The number of aromatic nitrogens is 6. The maximum atomic E-state index is 12.9. The molecule has 192 valence electrons. The quantitative estimate of drug-likeness (QED) is 0.365. The maximum absolute atomic E-state index is 12.9. The van der Waals surface area contributed by atoms with Gasteiger partial charge in [-0.15, -0.1) is 5.10 Å². The van der Waals surface area contributed by atoms with Crippen molar-refractivity contribution >= 4 is 40.0 Å².